The average Bonchev–Trinajstić information content (AvgIpc) is 2.77. The molecule has 1 aromatic heterocycles. The van der Waals surface area contributed by atoms with Crippen molar-refractivity contribution in [2.24, 2.45) is 0 Å². The number of benzene rings is 1. The van der Waals surface area contributed by atoms with Crippen molar-refractivity contribution in [3.63, 3.8) is 0 Å². The molecule has 2 nitrogen and oxygen atoms in total. The van der Waals surface area contributed by atoms with Crippen molar-refractivity contribution in [1.82, 2.24) is 9.55 Å². The number of hydrogen-bond donors (Lipinski definition) is 0. The second-order valence-corrected chi connectivity index (χ2v) is 4.92. The van der Waals surface area contributed by atoms with Crippen molar-refractivity contribution < 1.29 is 0 Å². The standard InChI is InChI=1S/C14H17ClN2/c1-4-12-8-17(9-16-12)14-6-5-11(15)7-13(14)10(2)3/h5-10H,4H2,1-3H3. The minimum Gasteiger partial charge on any atom is -0.306 e. The predicted molar refractivity (Wildman–Crippen MR) is 72.0 cm³/mol. The lowest BCUT2D eigenvalue weighted by atomic mass is 10.0. The minimum absolute atomic E-state index is 0.441. The smallest absolute Gasteiger partial charge is 0.0995 e. The normalized spacial score (nSPS) is 11.1. The van der Waals surface area contributed by atoms with Crippen molar-refractivity contribution in [3.8, 4) is 5.69 Å². The van der Waals surface area contributed by atoms with Gasteiger partial charge in [0.1, 0.15) is 0 Å². The summed E-state index contributed by atoms with van der Waals surface area (Å²) < 4.78 is 2.07. The minimum atomic E-state index is 0.441. The molecule has 0 bridgehead atoms. The number of nitrogens with zero attached hydrogens (tertiary/aromatic N) is 2. The molecule has 0 atom stereocenters. The topological polar surface area (TPSA) is 17.8 Å². The van der Waals surface area contributed by atoms with E-state index in [1.165, 1.54) is 5.56 Å². The van der Waals surface area contributed by atoms with E-state index < -0.39 is 0 Å². The molecule has 0 saturated heterocycles. The number of hydrogen-bond acceptors (Lipinski definition) is 1. The van der Waals surface area contributed by atoms with Gasteiger partial charge in [-0.1, -0.05) is 32.4 Å². The summed E-state index contributed by atoms with van der Waals surface area (Å²) in [6.07, 6.45) is 4.90. The Morgan fingerprint density at radius 1 is 1.35 bits per heavy atom. The molecule has 0 radical (unpaired) electrons. The largest absolute Gasteiger partial charge is 0.306 e. The van der Waals surface area contributed by atoms with Gasteiger partial charge in [0.2, 0.25) is 0 Å². The molecule has 0 fully saturated rings. The Bertz CT molecular complexity index is 515. The zero-order valence-electron chi connectivity index (χ0n) is 10.4. The van der Waals surface area contributed by atoms with E-state index in [1.807, 2.05) is 18.5 Å². The van der Waals surface area contributed by atoms with Crippen LogP contribution >= 0.6 is 11.6 Å². The van der Waals surface area contributed by atoms with E-state index in [2.05, 4.69) is 42.6 Å². The molecule has 17 heavy (non-hydrogen) atoms. The second kappa shape index (κ2) is 4.92. The molecule has 2 aromatic rings. The summed E-state index contributed by atoms with van der Waals surface area (Å²) in [5.74, 6) is 0.441. The summed E-state index contributed by atoms with van der Waals surface area (Å²) in [6, 6.07) is 6.01. The molecule has 0 unspecified atom stereocenters. The zero-order valence-corrected chi connectivity index (χ0v) is 11.2. The molecule has 1 aromatic carbocycles. The molecule has 0 saturated carbocycles. The van der Waals surface area contributed by atoms with Gasteiger partial charge in [0.05, 0.1) is 17.7 Å². The highest BCUT2D eigenvalue weighted by molar-refractivity contribution is 6.30. The second-order valence-electron chi connectivity index (χ2n) is 4.48. The van der Waals surface area contributed by atoms with Crippen LogP contribution in [0, 0.1) is 0 Å². The maximum atomic E-state index is 6.06. The lowest BCUT2D eigenvalue weighted by Crippen LogP contribution is -1.99. The van der Waals surface area contributed by atoms with Crippen LogP contribution in [-0.2, 0) is 6.42 Å². The monoisotopic (exact) mass is 248 g/mol. The van der Waals surface area contributed by atoms with E-state index in [-0.39, 0.29) is 0 Å². The van der Waals surface area contributed by atoms with Gasteiger partial charge in [0.25, 0.3) is 0 Å². The van der Waals surface area contributed by atoms with Crippen LogP contribution in [-0.4, -0.2) is 9.55 Å². The van der Waals surface area contributed by atoms with Gasteiger partial charge >= 0.3 is 0 Å². The molecule has 1 heterocycles. The van der Waals surface area contributed by atoms with Crippen molar-refractivity contribution in [2.45, 2.75) is 33.1 Å². The third-order valence-corrected chi connectivity index (χ3v) is 3.12. The predicted octanol–water partition coefficient (Wildman–Crippen LogP) is 4.21. The molecule has 0 aliphatic carbocycles. The summed E-state index contributed by atoms with van der Waals surface area (Å²) in [5, 5.41) is 0.785. The van der Waals surface area contributed by atoms with Gasteiger partial charge in [0.15, 0.2) is 0 Å². The Hall–Kier alpha value is -1.28. The summed E-state index contributed by atoms with van der Waals surface area (Å²) in [6.45, 7) is 6.46. The van der Waals surface area contributed by atoms with E-state index in [9.17, 15) is 0 Å². The molecule has 3 heteroatoms. The first kappa shape index (κ1) is 12.2. The van der Waals surface area contributed by atoms with Crippen LogP contribution in [0.3, 0.4) is 0 Å². The quantitative estimate of drug-likeness (QED) is 0.796. The average molecular weight is 249 g/mol. The van der Waals surface area contributed by atoms with Crippen LogP contribution in [0.1, 0.15) is 37.9 Å². The van der Waals surface area contributed by atoms with Crippen LogP contribution < -0.4 is 0 Å². The summed E-state index contributed by atoms with van der Waals surface area (Å²) in [5.41, 5.74) is 3.52. The molecule has 0 amide bonds. The maximum absolute atomic E-state index is 6.06. The zero-order chi connectivity index (χ0) is 12.4. The van der Waals surface area contributed by atoms with Crippen molar-refractivity contribution >= 4 is 11.6 Å². The van der Waals surface area contributed by atoms with Crippen molar-refractivity contribution in [1.29, 1.82) is 0 Å². The van der Waals surface area contributed by atoms with E-state index in [0.29, 0.717) is 5.92 Å². The summed E-state index contributed by atoms with van der Waals surface area (Å²) >= 11 is 6.06. The van der Waals surface area contributed by atoms with Crippen molar-refractivity contribution in [3.05, 3.63) is 47.0 Å². The van der Waals surface area contributed by atoms with Crippen LogP contribution in [0.15, 0.2) is 30.7 Å². The first-order valence-corrected chi connectivity index (χ1v) is 6.32. The molecule has 0 aliphatic heterocycles. The van der Waals surface area contributed by atoms with Gasteiger partial charge in [-0.2, -0.15) is 0 Å². The molecule has 2 rings (SSSR count). The summed E-state index contributed by atoms with van der Waals surface area (Å²) in [4.78, 5) is 4.36. The molecule has 0 aliphatic rings. The fourth-order valence-corrected chi connectivity index (χ4v) is 2.08. The van der Waals surface area contributed by atoms with Crippen LogP contribution in [0.2, 0.25) is 5.02 Å². The van der Waals surface area contributed by atoms with E-state index in [0.717, 1.165) is 22.8 Å². The first-order chi connectivity index (χ1) is 8.11. The number of aromatic nitrogens is 2. The number of aryl methyl sites for hydroxylation is 1. The molecule has 90 valence electrons. The molecular formula is C14H17ClN2. The Morgan fingerprint density at radius 2 is 2.12 bits per heavy atom. The SMILES string of the molecule is CCc1cn(-c2ccc(Cl)cc2C(C)C)cn1. The van der Waals surface area contributed by atoms with E-state index >= 15 is 0 Å². The van der Waals surface area contributed by atoms with E-state index in [1.54, 1.807) is 0 Å². The fourth-order valence-electron chi connectivity index (χ4n) is 1.90. The van der Waals surface area contributed by atoms with Gasteiger partial charge in [-0.25, -0.2) is 4.98 Å². The molecule has 0 spiro atoms. The third kappa shape index (κ3) is 2.52. The first-order valence-electron chi connectivity index (χ1n) is 5.94. The highest BCUT2D eigenvalue weighted by atomic mass is 35.5. The van der Waals surface area contributed by atoms with Gasteiger partial charge in [-0.15, -0.1) is 0 Å². The van der Waals surface area contributed by atoms with Crippen LogP contribution in [0.25, 0.3) is 5.69 Å². The molecule has 0 N–H and O–H groups in total. The highest BCUT2D eigenvalue weighted by Crippen LogP contribution is 2.26. The fraction of sp³-hybridized carbons (Fsp3) is 0.357. The van der Waals surface area contributed by atoms with Gasteiger partial charge in [-0.05, 0) is 36.1 Å². The molecular weight excluding hydrogens is 232 g/mol. The van der Waals surface area contributed by atoms with Gasteiger partial charge in [0, 0.05) is 11.2 Å². The maximum Gasteiger partial charge on any atom is 0.0995 e. The highest BCUT2D eigenvalue weighted by Gasteiger charge is 2.09. The number of imidazole rings is 1. The number of halogens is 1. The van der Waals surface area contributed by atoms with Crippen LogP contribution in [0.5, 0.6) is 0 Å². The Morgan fingerprint density at radius 3 is 2.71 bits per heavy atom. The summed E-state index contributed by atoms with van der Waals surface area (Å²) in [7, 11) is 0. The Labute approximate surface area is 107 Å². The van der Waals surface area contributed by atoms with Crippen LogP contribution in [0.4, 0.5) is 0 Å². The lowest BCUT2D eigenvalue weighted by molar-refractivity contribution is 0.846. The van der Waals surface area contributed by atoms with Crippen molar-refractivity contribution in [2.75, 3.05) is 0 Å². The van der Waals surface area contributed by atoms with E-state index in [4.69, 9.17) is 11.6 Å². The third-order valence-electron chi connectivity index (χ3n) is 2.89. The lowest BCUT2D eigenvalue weighted by Gasteiger charge is -2.13. The Kier molecular flexibility index (Phi) is 3.53. The Balaban J connectivity index is 2.50. The van der Waals surface area contributed by atoms with Gasteiger partial charge < -0.3 is 4.57 Å². The number of rotatable bonds is 3. The van der Waals surface area contributed by atoms with Gasteiger partial charge in [-0.3, -0.25) is 0 Å².